The molecule has 0 aliphatic heterocycles. The summed E-state index contributed by atoms with van der Waals surface area (Å²) in [6, 6.07) is 14.8. The number of hydroxylamine groups is 1. The van der Waals surface area contributed by atoms with E-state index in [0.29, 0.717) is 5.56 Å². The molecule has 4 N–H and O–H groups in total. The van der Waals surface area contributed by atoms with Crippen LogP contribution in [0, 0.1) is 11.8 Å². The first-order valence-corrected chi connectivity index (χ1v) is 7.17. The van der Waals surface area contributed by atoms with Crippen LogP contribution in [0.25, 0.3) is 0 Å². The summed E-state index contributed by atoms with van der Waals surface area (Å²) in [4.78, 5) is 23.2. The first kappa shape index (κ1) is 17.2. The molecule has 2 amide bonds. The molecule has 122 valence electrons. The van der Waals surface area contributed by atoms with E-state index in [-0.39, 0.29) is 0 Å². The lowest BCUT2D eigenvalue weighted by Gasteiger charge is -2.13. The lowest BCUT2D eigenvalue weighted by Crippen LogP contribution is -2.48. The van der Waals surface area contributed by atoms with Gasteiger partial charge in [-0.3, -0.25) is 14.8 Å². The second-order valence-corrected chi connectivity index (χ2v) is 4.88. The number of carbonyl (C=O) groups excluding carboxylic acids is 2. The number of benzene rings is 2. The Morgan fingerprint density at radius 3 is 2.08 bits per heavy atom. The van der Waals surface area contributed by atoms with Gasteiger partial charge in [-0.15, -0.1) is 0 Å². The molecule has 0 bridgehead atoms. The van der Waals surface area contributed by atoms with E-state index in [4.69, 9.17) is 10.3 Å². The second-order valence-electron chi connectivity index (χ2n) is 4.88. The van der Waals surface area contributed by atoms with E-state index < -0.39 is 24.5 Å². The van der Waals surface area contributed by atoms with E-state index in [0.717, 1.165) is 11.1 Å². The highest BCUT2D eigenvalue weighted by Crippen LogP contribution is 2.05. The Bertz CT molecular complexity index is 761. The minimum Gasteiger partial charge on any atom is -0.394 e. The van der Waals surface area contributed by atoms with Gasteiger partial charge in [-0.05, 0) is 36.4 Å². The molecule has 2 rings (SSSR count). The quantitative estimate of drug-likeness (QED) is 0.378. The van der Waals surface area contributed by atoms with E-state index in [1.165, 1.54) is 5.48 Å². The fraction of sp³-hybridized carbons (Fsp3) is 0.111. The molecule has 1 atom stereocenters. The summed E-state index contributed by atoms with van der Waals surface area (Å²) >= 11 is 0. The Kier molecular flexibility index (Phi) is 6.08. The van der Waals surface area contributed by atoms with Crippen molar-refractivity contribution >= 4 is 11.8 Å². The lowest BCUT2D eigenvalue weighted by atomic mass is 10.1. The molecule has 0 saturated heterocycles. The van der Waals surface area contributed by atoms with Gasteiger partial charge < -0.3 is 10.4 Å². The van der Waals surface area contributed by atoms with Crippen LogP contribution in [-0.2, 0) is 4.79 Å². The van der Waals surface area contributed by atoms with Gasteiger partial charge in [0.25, 0.3) is 11.8 Å². The predicted molar refractivity (Wildman–Crippen MR) is 87.1 cm³/mol. The molecule has 0 saturated carbocycles. The summed E-state index contributed by atoms with van der Waals surface area (Å²) in [5.74, 6) is 4.56. The molecule has 0 heterocycles. The Balaban J connectivity index is 2.05. The molecule has 0 spiro atoms. The molecule has 0 fully saturated rings. The van der Waals surface area contributed by atoms with Crippen molar-refractivity contribution < 1.29 is 19.9 Å². The third-order valence-electron chi connectivity index (χ3n) is 3.19. The molecule has 6 heteroatoms. The van der Waals surface area contributed by atoms with Crippen LogP contribution in [0.2, 0.25) is 0 Å². The average molecular weight is 324 g/mol. The molecule has 6 nitrogen and oxygen atoms in total. The van der Waals surface area contributed by atoms with Crippen molar-refractivity contribution in [2.45, 2.75) is 6.04 Å². The maximum atomic E-state index is 12.0. The van der Waals surface area contributed by atoms with Gasteiger partial charge in [0.1, 0.15) is 6.04 Å². The Labute approximate surface area is 139 Å². The van der Waals surface area contributed by atoms with Gasteiger partial charge in [0.05, 0.1) is 6.61 Å². The van der Waals surface area contributed by atoms with Gasteiger partial charge in [0.2, 0.25) is 0 Å². The van der Waals surface area contributed by atoms with Crippen molar-refractivity contribution in [1.82, 2.24) is 10.8 Å². The summed E-state index contributed by atoms with van der Waals surface area (Å²) in [5, 5.41) is 19.9. The molecule has 0 aromatic heterocycles. The summed E-state index contributed by atoms with van der Waals surface area (Å²) in [6.07, 6.45) is 0. The van der Waals surface area contributed by atoms with Crippen molar-refractivity contribution in [2.24, 2.45) is 0 Å². The molecule has 0 radical (unpaired) electrons. The van der Waals surface area contributed by atoms with E-state index in [1.54, 1.807) is 24.3 Å². The second kappa shape index (κ2) is 8.48. The molecule has 2 aromatic carbocycles. The maximum absolute atomic E-state index is 12.0. The number of carbonyl (C=O) groups is 2. The van der Waals surface area contributed by atoms with Crippen LogP contribution in [0.1, 0.15) is 21.5 Å². The monoisotopic (exact) mass is 324 g/mol. The van der Waals surface area contributed by atoms with Crippen LogP contribution in [0.4, 0.5) is 0 Å². The summed E-state index contributed by atoms with van der Waals surface area (Å²) in [5.41, 5.74) is 3.32. The van der Waals surface area contributed by atoms with Gasteiger partial charge in [0, 0.05) is 16.7 Å². The molecule has 0 aliphatic rings. The standard InChI is InChI=1S/C18H16N2O4/c21-12-16(18(23)20-24)19-17(22)15-10-8-14(9-11-15)7-6-13-4-2-1-3-5-13/h1-5,8-11,16,21,24H,12H2,(H,19,22)(H,20,23)/t16-/m0/s1. The molecular weight excluding hydrogens is 308 g/mol. The first-order chi connectivity index (χ1) is 11.6. The molecule has 0 unspecified atom stereocenters. The smallest absolute Gasteiger partial charge is 0.268 e. The van der Waals surface area contributed by atoms with Gasteiger partial charge in [-0.2, -0.15) is 0 Å². The zero-order chi connectivity index (χ0) is 17.4. The zero-order valence-electron chi connectivity index (χ0n) is 12.7. The van der Waals surface area contributed by atoms with E-state index in [2.05, 4.69) is 17.2 Å². The van der Waals surface area contributed by atoms with Gasteiger partial charge in [0.15, 0.2) is 0 Å². The van der Waals surface area contributed by atoms with E-state index >= 15 is 0 Å². The van der Waals surface area contributed by atoms with E-state index in [1.807, 2.05) is 30.3 Å². The van der Waals surface area contributed by atoms with Gasteiger partial charge in [-0.25, -0.2) is 5.48 Å². The number of aliphatic hydroxyl groups excluding tert-OH is 1. The number of amides is 2. The van der Waals surface area contributed by atoms with Crippen molar-refractivity contribution in [3.05, 3.63) is 71.3 Å². The fourth-order valence-corrected chi connectivity index (χ4v) is 1.88. The Hall–Kier alpha value is -3.14. The fourth-order valence-electron chi connectivity index (χ4n) is 1.88. The van der Waals surface area contributed by atoms with Crippen LogP contribution in [0.5, 0.6) is 0 Å². The van der Waals surface area contributed by atoms with Crippen LogP contribution in [0.3, 0.4) is 0 Å². The van der Waals surface area contributed by atoms with Crippen LogP contribution in [-0.4, -0.2) is 34.8 Å². The zero-order valence-corrected chi connectivity index (χ0v) is 12.7. The van der Waals surface area contributed by atoms with Crippen molar-refractivity contribution in [3.63, 3.8) is 0 Å². The topological polar surface area (TPSA) is 98.7 Å². The molecular formula is C18H16N2O4. The number of aliphatic hydroxyl groups is 1. The molecule has 0 aliphatic carbocycles. The summed E-state index contributed by atoms with van der Waals surface area (Å²) < 4.78 is 0. The molecule has 2 aromatic rings. The van der Waals surface area contributed by atoms with E-state index in [9.17, 15) is 9.59 Å². The van der Waals surface area contributed by atoms with Crippen LogP contribution >= 0.6 is 0 Å². The van der Waals surface area contributed by atoms with Crippen molar-refractivity contribution in [1.29, 1.82) is 0 Å². The van der Waals surface area contributed by atoms with Crippen LogP contribution < -0.4 is 10.8 Å². The third kappa shape index (κ3) is 4.68. The summed E-state index contributed by atoms with van der Waals surface area (Å²) in [7, 11) is 0. The number of nitrogens with one attached hydrogen (secondary N) is 2. The Morgan fingerprint density at radius 2 is 1.54 bits per heavy atom. The summed E-state index contributed by atoms with van der Waals surface area (Å²) in [6.45, 7) is -0.626. The third-order valence-corrected chi connectivity index (χ3v) is 3.19. The SMILES string of the molecule is O=C(N[C@@H](CO)C(=O)NO)c1ccc(C#Cc2ccccc2)cc1. The average Bonchev–Trinajstić information content (AvgIpc) is 2.64. The minimum absolute atomic E-state index is 0.310. The van der Waals surface area contributed by atoms with Crippen LogP contribution in [0.15, 0.2) is 54.6 Å². The Morgan fingerprint density at radius 1 is 0.958 bits per heavy atom. The highest BCUT2D eigenvalue weighted by atomic mass is 16.5. The predicted octanol–water partition coefficient (Wildman–Crippen LogP) is 0.683. The van der Waals surface area contributed by atoms with Crippen molar-refractivity contribution in [2.75, 3.05) is 6.61 Å². The van der Waals surface area contributed by atoms with Gasteiger partial charge >= 0.3 is 0 Å². The van der Waals surface area contributed by atoms with Gasteiger partial charge in [-0.1, -0.05) is 30.0 Å². The molecule has 24 heavy (non-hydrogen) atoms. The number of hydrogen-bond acceptors (Lipinski definition) is 4. The lowest BCUT2D eigenvalue weighted by molar-refractivity contribution is -0.132. The maximum Gasteiger partial charge on any atom is 0.268 e. The number of hydrogen-bond donors (Lipinski definition) is 4. The van der Waals surface area contributed by atoms with Crippen molar-refractivity contribution in [3.8, 4) is 11.8 Å². The first-order valence-electron chi connectivity index (χ1n) is 7.17. The highest BCUT2D eigenvalue weighted by molar-refractivity contribution is 5.97. The number of rotatable bonds is 4. The normalized spacial score (nSPS) is 10.9. The largest absolute Gasteiger partial charge is 0.394 e. The minimum atomic E-state index is -1.22. The highest BCUT2D eigenvalue weighted by Gasteiger charge is 2.19.